The molecule has 5 nitrogen and oxygen atoms in total. The minimum atomic E-state index is -0.446. The number of anilines is 2. The van der Waals surface area contributed by atoms with Crippen molar-refractivity contribution in [2.75, 3.05) is 17.7 Å². The number of amides is 2. The van der Waals surface area contributed by atoms with Crippen molar-refractivity contribution in [3.63, 3.8) is 0 Å². The molecule has 2 N–H and O–H groups in total. The van der Waals surface area contributed by atoms with Gasteiger partial charge in [0.25, 0.3) is 0 Å². The van der Waals surface area contributed by atoms with E-state index in [0.717, 1.165) is 16.8 Å². The summed E-state index contributed by atoms with van der Waals surface area (Å²) in [6, 6.07) is 12.0. The van der Waals surface area contributed by atoms with Gasteiger partial charge in [-0.15, -0.1) is 0 Å². The molecule has 0 unspecified atom stereocenters. The molecule has 0 bridgehead atoms. The average Bonchev–Trinajstić information content (AvgIpc) is 2.49. The van der Waals surface area contributed by atoms with Crippen molar-refractivity contribution in [1.82, 2.24) is 0 Å². The van der Waals surface area contributed by atoms with Gasteiger partial charge in [0.15, 0.2) is 0 Å². The Kier molecular flexibility index (Phi) is 4.78. The monoisotopic (exact) mass is 298 g/mol. The Bertz CT molecular complexity index is 711. The van der Waals surface area contributed by atoms with Crippen LogP contribution >= 0.6 is 0 Å². The predicted molar refractivity (Wildman–Crippen MR) is 86.3 cm³/mol. The maximum Gasteiger partial charge on any atom is 0.337 e. The molecule has 2 aromatic rings. The Morgan fingerprint density at radius 3 is 2.45 bits per heavy atom. The minimum Gasteiger partial charge on any atom is -0.465 e. The fraction of sp³-hybridized carbons (Fsp3) is 0.176. The number of benzene rings is 2. The third-order valence-corrected chi connectivity index (χ3v) is 3.17. The average molecular weight is 298 g/mol. The van der Waals surface area contributed by atoms with Gasteiger partial charge >= 0.3 is 12.0 Å². The van der Waals surface area contributed by atoms with Gasteiger partial charge < -0.3 is 15.4 Å². The fourth-order valence-corrected chi connectivity index (χ4v) is 2.08. The molecule has 0 saturated heterocycles. The molecule has 0 aliphatic heterocycles. The number of carbonyl (C=O) groups excluding carboxylic acids is 2. The summed E-state index contributed by atoms with van der Waals surface area (Å²) >= 11 is 0. The van der Waals surface area contributed by atoms with Crippen LogP contribution in [0.3, 0.4) is 0 Å². The Morgan fingerprint density at radius 2 is 1.77 bits per heavy atom. The van der Waals surface area contributed by atoms with Crippen LogP contribution in [0.1, 0.15) is 21.5 Å². The van der Waals surface area contributed by atoms with Crippen molar-refractivity contribution in [3.05, 3.63) is 59.2 Å². The van der Waals surface area contributed by atoms with E-state index in [1.807, 2.05) is 32.0 Å². The second-order valence-corrected chi connectivity index (χ2v) is 4.97. The van der Waals surface area contributed by atoms with Crippen molar-refractivity contribution in [2.45, 2.75) is 13.8 Å². The quantitative estimate of drug-likeness (QED) is 0.848. The number of methoxy groups -OCH3 is 1. The number of hydrogen-bond donors (Lipinski definition) is 2. The van der Waals surface area contributed by atoms with E-state index in [1.165, 1.54) is 7.11 Å². The van der Waals surface area contributed by atoms with Gasteiger partial charge in [-0.25, -0.2) is 9.59 Å². The predicted octanol–water partition coefficient (Wildman–Crippen LogP) is 3.73. The number of aryl methyl sites for hydroxylation is 2. The summed E-state index contributed by atoms with van der Waals surface area (Å²) in [7, 11) is 1.31. The minimum absolute atomic E-state index is 0.367. The molecule has 22 heavy (non-hydrogen) atoms. The maximum atomic E-state index is 12.0. The van der Waals surface area contributed by atoms with Crippen LogP contribution in [0.4, 0.5) is 16.2 Å². The first-order valence-electron chi connectivity index (χ1n) is 6.83. The molecular weight excluding hydrogens is 280 g/mol. The molecule has 0 aliphatic carbocycles. The molecule has 2 aromatic carbocycles. The van der Waals surface area contributed by atoms with E-state index in [1.54, 1.807) is 24.3 Å². The standard InChI is InChI=1S/C17H18N2O3/c1-11-7-8-15(12(2)9-11)19-17(21)18-14-6-4-5-13(10-14)16(20)22-3/h4-10H,1-3H3,(H2,18,19,21). The van der Waals surface area contributed by atoms with Gasteiger partial charge in [-0.3, -0.25) is 0 Å². The topological polar surface area (TPSA) is 67.4 Å². The number of urea groups is 1. The summed E-state index contributed by atoms with van der Waals surface area (Å²) in [5.41, 5.74) is 3.76. The Morgan fingerprint density at radius 1 is 1.00 bits per heavy atom. The number of nitrogens with one attached hydrogen (secondary N) is 2. The van der Waals surface area contributed by atoms with Crippen molar-refractivity contribution in [3.8, 4) is 0 Å². The molecule has 0 fully saturated rings. The van der Waals surface area contributed by atoms with Crippen LogP contribution in [0.5, 0.6) is 0 Å². The number of hydrogen-bond acceptors (Lipinski definition) is 3. The molecule has 0 saturated carbocycles. The summed E-state index contributed by atoms with van der Waals surface area (Å²) in [5.74, 6) is -0.446. The zero-order valence-corrected chi connectivity index (χ0v) is 12.8. The Labute approximate surface area is 129 Å². The third kappa shape index (κ3) is 3.85. The third-order valence-electron chi connectivity index (χ3n) is 3.17. The lowest BCUT2D eigenvalue weighted by atomic mass is 10.1. The summed E-state index contributed by atoms with van der Waals surface area (Å²) in [4.78, 5) is 23.5. The van der Waals surface area contributed by atoms with Gasteiger partial charge in [-0.05, 0) is 43.7 Å². The SMILES string of the molecule is COC(=O)c1cccc(NC(=O)Nc2ccc(C)cc2C)c1. The zero-order chi connectivity index (χ0) is 16.1. The van der Waals surface area contributed by atoms with E-state index in [2.05, 4.69) is 15.4 Å². The molecule has 2 rings (SSSR count). The van der Waals surface area contributed by atoms with E-state index in [4.69, 9.17) is 0 Å². The summed E-state index contributed by atoms with van der Waals surface area (Å²) in [6.45, 7) is 3.93. The molecule has 0 atom stereocenters. The van der Waals surface area contributed by atoms with Crippen LogP contribution in [0.2, 0.25) is 0 Å². The van der Waals surface area contributed by atoms with E-state index in [-0.39, 0.29) is 6.03 Å². The summed E-state index contributed by atoms with van der Waals surface area (Å²) in [6.07, 6.45) is 0. The smallest absolute Gasteiger partial charge is 0.337 e. The highest BCUT2D eigenvalue weighted by atomic mass is 16.5. The fourth-order valence-electron chi connectivity index (χ4n) is 2.08. The molecule has 0 spiro atoms. The van der Waals surface area contributed by atoms with Gasteiger partial charge in [-0.1, -0.05) is 23.8 Å². The molecule has 2 amide bonds. The lowest BCUT2D eigenvalue weighted by molar-refractivity contribution is 0.0600. The molecule has 0 aliphatic rings. The Balaban J connectivity index is 2.07. The van der Waals surface area contributed by atoms with Crippen LogP contribution in [0, 0.1) is 13.8 Å². The highest BCUT2D eigenvalue weighted by Crippen LogP contribution is 2.17. The number of rotatable bonds is 3. The highest BCUT2D eigenvalue weighted by Gasteiger charge is 2.08. The zero-order valence-electron chi connectivity index (χ0n) is 12.8. The van der Waals surface area contributed by atoms with Gasteiger partial charge in [-0.2, -0.15) is 0 Å². The normalized spacial score (nSPS) is 9.95. The van der Waals surface area contributed by atoms with Gasteiger partial charge in [0.05, 0.1) is 12.7 Å². The van der Waals surface area contributed by atoms with Crippen LogP contribution in [0.15, 0.2) is 42.5 Å². The number of esters is 1. The van der Waals surface area contributed by atoms with Crippen LogP contribution < -0.4 is 10.6 Å². The van der Waals surface area contributed by atoms with E-state index in [9.17, 15) is 9.59 Å². The molecule has 0 aromatic heterocycles. The molecule has 0 radical (unpaired) electrons. The lowest BCUT2D eigenvalue weighted by Gasteiger charge is -2.11. The van der Waals surface area contributed by atoms with E-state index >= 15 is 0 Å². The molecule has 5 heteroatoms. The van der Waals surface area contributed by atoms with Gasteiger partial charge in [0.2, 0.25) is 0 Å². The van der Waals surface area contributed by atoms with Gasteiger partial charge in [0.1, 0.15) is 0 Å². The molecular formula is C17H18N2O3. The highest BCUT2D eigenvalue weighted by molar-refractivity contribution is 6.01. The molecule has 114 valence electrons. The van der Waals surface area contributed by atoms with Crippen molar-refractivity contribution in [2.24, 2.45) is 0 Å². The maximum absolute atomic E-state index is 12.0. The molecule has 0 heterocycles. The second-order valence-electron chi connectivity index (χ2n) is 4.97. The van der Waals surface area contributed by atoms with Crippen LogP contribution in [-0.4, -0.2) is 19.1 Å². The van der Waals surface area contributed by atoms with Crippen molar-refractivity contribution in [1.29, 1.82) is 0 Å². The van der Waals surface area contributed by atoms with Crippen LogP contribution in [0.25, 0.3) is 0 Å². The van der Waals surface area contributed by atoms with E-state index in [0.29, 0.717) is 11.3 Å². The Hall–Kier alpha value is -2.82. The number of carbonyl (C=O) groups is 2. The lowest BCUT2D eigenvalue weighted by Crippen LogP contribution is -2.20. The van der Waals surface area contributed by atoms with Crippen molar-refractivity contribution >= 4 is 23.4 Å². The largest absolute Gasteiger partial charge is 0.465 e. The first kappa shape index (κ1) is 15.6. The van der Waals surface area contributed by atoms with Gasteiger partial charge in [0, 0.05) is 11.4 Å². The first-order chi connectivity index (χ1) is 10.5. The van der Waals surface area contributed by atoms with Crippen molar-refractivity contribution < 1.29 is 14.3 Å². The van der Waals surface area contributed by atoms with Crippen LogP contribution in [-0.2, 0) is 4.74 Å². The summed E-state index contributed by atoms with van der Waals surface area (Å²) < 4.78 is 4.65. The van der Waals surface area contributed by atoms with E-state index < -0.39 is 5.97 Å². The first-order valence-corrected chi connectivity index (χ1v) is 6.83. The summed E-state index contributed by atoms with van der Waals surface area (Å²) in [5, 5.41) is 5.48. The second kappa shape index (κ2) is 6.76. The number of ether oxygens (including phenoxy) is 1.